The lowest BCUT2D eigenvalue weighted by atomic mass is 9.96. The number of rotatable bonds is 5. The molecule has 0 bridgehead atoms. The van der Waals surface area contributed by atoms with Gasteiger partial charge in [0.05, 0.1) is 11.1 Å². The minimum Gasteiger partial charge on any atom is -0.335 e. The molecule has 2 amide bonds. The Morgan fingerprint density at radius 3 is 2.27 bits per heavy atom. The number of aryl methyl sites for hydroxylation is 1. The van der Waals surface area contributed by atoms with Crippen LogP contribution < -0.4 is 0 Å². The van der Waals surface area contributed by atoms with Crippen molar-refractivity contribution in [2.45, 2.75) is 26.3 Å². The van der Waals surface area contributed by atoms with Crippen LogP contribution in [0.4, 0.5) is 0 Å². The van der Waals surface area contributed by atoms with Crippen LogP contribution in [0.1, 0.15) is 39.4 Å². The van der Waals surface area contributed by atoms with Crippen molar-refractivity contribution in [2.75, 3.05) is 26.2 Å². The molecule has 0 atom stereocenters. The third-order valence-electron chi connectivity index (χ3n) is 5.60. The highest BCUT2D eigenvalue weighted by Crippen LogP contribution is 2.23. The van der Waals surface area contributed by atoms with Crippen molar-refractivity contribution in [3.05, 3.63) is 53.6 Å². The van der Waals surface area contributed by atoms with Crippen LogP contribution in [0.15, 0.2) is 36.7 Å². The molecule has 0 N–H and O–H groups in total. The first-order valence-corrected chi connectivity index (χ1v) is 9.29. The summed E-state index contributed by atoms with van der Waals surface area (Å²) in [6.45, 7) is 6.32. The summed E-state index contributed by atoms with van der Waals surface area (Å²) < 4.78 is 2.22. The van der Waals surface area contributed by atoms with Crippen LogP contribution in [0.2, 0.25) is 0 Å². The molecular formula is C20H24N4O2. The summed E-state index contributed by atoms with van der Waals surface area (Å²) in [6.07, 6.45) is 6.18. The molecular weight excluding hydrogens is 328 g/mol. The van der Waals surface area contributed by atoms with Gasteiger partial charge in [-0.2, -0.15) is 0 Å². The summed E-state index contributed by atoms with van der Waals surface area (Å²) >= 11 is 0. The number of carbonyl (C=O) groups excluding carboxylic acids is 2. The summed E-state index contributed by atoms with van der Waals surface area (Å²) in [5.74, 6) is 1.42. The molecule has 0 aliphatic carbocycles. The van der Waals surface area contributed by atoms with E-state index in [1.165, 1.54) is 4.90 Å². The quantitative estimate of drug-likeness (QED) is 0.774. The first-order chi connectivity index (χ1) is 12.6. The summed E-state index contributed by atoms with van der Waals surface area (Å²) in [6, 6.07) is 7.08. The van der Waals surface area contributed by atoms with E-state index in [9.17, 15) is 9.59 Å². The van der Waals surface area contributed by atoms with Crippen LogP contribution in [0.3, 0.4) is 0 Å². The van der Waals surface area contributed by atoms with E-state index in [-0.39, 0.29) is 11.8 Å². The number of likely N-dealkylation sites (tertiary alicyclic amines) is 1. The highest BCUT2D eigenvalue weighted by Gasteiger charge is 2.35. The van der Waals surface area contributed by atoms with Gasteiger partial charge in [0.2, 0.25) is 0 Å². The number of imide groups is 1. The van der Waals surface area contributed by atoms with Crippen molar-refractivity contribution >= 4 is 11.8 Å². The number of aromatic nitrogens is 2. The molecule has 0 saturated carbocycles. The number of fused-ring (bicyclic) bond motifs is 1. The SMILES string of the molecule is Cc1nccn1CC1CCN(CCN2C(=O)c3ccccc3C2=O)CC1. The molecule has 2 aliphatic rings. The van der Waals surface area contributed by atoms with Gasteiger partial charge in [-0.25, -0.2) is 4.98 Å². The van der Waals surface area contributed by atoms with Gasteiger partial charge in [0.25, 0.3) is 11.8 Å². The van der Waals surface area contributed by atoms with Gasteiger partial charge in [-0.1, -0.05) is 12.1 Å². The molecule has 2 aromatic rings. The maximum absolute atomic E-state index is 12.4. The van der Waals surface area contributed by atoms with Gasteiger partial charge < -0.3 is 9.47 Å². The van der Waals surface area contributed by atoms with Gasteiger partial charge in [-0.15, -0.1) is 0 Å². The van der Waals surface area contributed by atoms with E-state index in [0.717, 1.165) is 44.8 Å². The number of amides is 2. The lowest BCUT2D eigenvalue weighted by molar-refractivity contribution is 0.0624. The average molecular weight is 352 g/mol. The van der Waals surface area contributed by atoms with E-state index in [1.807, 2.05) is 19.3 Å². The molecule has 1 fully saturated rings. The summed E-state index contributed by atoms with van der Waals surface area (Å²) in [5, 5.41) is 0. The Kier molecular flexibility index (Phi) is 4.59. The Morgan fingerprint density at radius 2 is 1.69 bits per heavy atom. The Balaban J connectivity index is 1.27. The molecule has 26 heavy (non-hydrogen) atoms. The fraction of sp³-hybridized carbons (Fsp3) is 0.450. The van der Waals surface area contributed by atoms with E-state index in [1.54, 1.807) is 24.3 Å². The monoisotopic (exact) mass is 352 g/mol. The smallest absolute Gasteiger partial charge is 0.261 e. The second-order valence-electron chi connectivity index (χ2n) is 7.22. The normalized spacial score (nSPS) is 18.6. The summed E-state index contributed by atoms with van der Waals surface area (Å²) in [4.78, 5) is 32.9. The Labute approximate surface area is 153 Å². The zero-order chi connectivity index (χ0) is 18.1. The van der Waals surface area contributed by atoms with Crippen LogP contribution in [0, 0.1) is 12.8 Å². The Morgan fingerprint density at radius 1 is 1.04 bits per heavy atom. The average Bonchev–Trinajstić information content (AvgIpc) is 3.17. The third-order valence-corrected chi connectivity index (χ3v) is 5.60. The molecule has 1 saturated heterocycles. The molecule has 1 aromatic carbocycles. The highest BCUT2D eigenvalue weighted by atomic mass is 16.2. The van der Waals surface area contributed by atoms with Crippen molar-refractivity contribution in [2.24, 2.45) is 5.92 Å². The zero-order valence-corrected chi connectivity index (χ0v) is 15.1. The predicted molar refractivity (Wildman–Crippen MR) is 97.9 cm³/mol. The van der Waals surface area contributed by atoms with Crippen molar-refractivity contribution in [3.63, 3.8) is 0 Å². The largest absolute Gasteiger partial charge is 0.335 e. The van der Waals surface area contributed by atoms with Gasteiger partial charge in [0, 0.05) is 32.0 Å². The highest BCUT2D eigenvalue weighted by molar-refractivity contribution is 6.21. The van der Waals surface area contributed by atoms with Crippen molar-refractivity contribution in [3.8, 4) is 0 Å². The number of piperidine rings is 1. The predicted octanol–water partition coefficient (Wildman–Crippen LogP) is 2.20. The fourth-order valence-electron chi connectivity index (χ4n) is 3.95. The zero-order valence-electron chi connectivity index (χ0n) is 15.1. The molecule has 0 unspecified atom stereocenters. The lowest BCUT2D eigenvalue weighted by Crippen LogP contribution is -2.42. The van der Waals surface area contributed by atoms with Crippen LogP contribution in [-0.2, 0) is 6.54 Å². The lowest BCUT2D eigenvalue weighted by Gasteiger charge is -2.33. The number of hydrogen-bond acceptors (Lipinski definition) is 4. The standard InChI is InChI=1S/C20H24N4O2/c1-15-21-8-11-23(15)14-16-6-9-22(10-7-16)12-13-24-19(25)17-4-2-3-5-18(17)20(24)26/h2-5,8,11,16H,6-7,9-10,12-14H2,1H3. The molecule has 4 rings (SSSR count). The molecule has 6 heteroatoms. The van der Waals surface area contributed by atoms with E-state index in [4.69, 9.17) is 0 Å². The van der Waals surface area contributed by atoms with Crippen LogP contribution >= 0.6 is 0 Å². The molecule has 2 aliphatic heterocycles. The van der Waals surface area contributed by atoms with Crippen molar-refractivity contribution in [1.29, 1.82) is 0 Å². The second kappa shape index (κ2) is 7.03. The van der Waals surface area contributed by atoms with E-state index in [2.05, 4.69) is 14.5 Å². The Hall–Kier alpha value is -2.47. The van der Waals surface area contributed by atoms with Gasteiger partial charge in [-0.3, -0.25) is 14.5 Å². The third kappa shape index (κ3) is 3.17. The Bertz CT molecular complexity index is 786. The first-order valence-electron chi connectivity index (χ1n) is 9.29. The molecule has 1 aromatic heterocycles. The molecule has 6 nitrogen and oxygen atoms in total. The van der Waals surface area contributed by atoms with Crippen molar-refractivity contribution in [1.82, 2.24) is 19.4 Å². The number of benzene rings is 1. The van der Waals surface area contributed by atoms with Gasteiger partial charge in [0.15, 0.2) is 0 Å². The van der Waals surface area contributed by atoms with Crippen LogP contribution in [0.5, 0.6) is 0 Å². The summed E-state index contributed by atoms with van der Waals surface area (Å²) in [5.41, 5.74) is 1.07. The maximum atomic E-state index is 12.4. The van der Waals surface area contributed by atoms with Crippen LogP contribution in [0.25, 0.3) is 0 Å². The van der Waals surface area contributed by atoms with Crippen molar-refractivity contribution < 1.29 is 9.59 Å². The molecule has 3 heterocycles. The van der Waals surface area contributed by atoms with E-state index < -0.39 is 0 Å². The maximum Gasteiger partial charge on any atom is 0.261 e. The first kappa shape index (κ1) is 17.0. The van der Waals surface area contributed by atoms with Gasteiger partial charge in [-0.05, 0) is 50.9 Å². The van der Waals surface area contributed by atoms with Gasteiger partial charge >= 0.3 is 0 Å². The number of carbonyl (C=O) groups is 2. The second-order valence-corrected chi connectivity index (χ2v) is 7.22. The molecule has 0 spiro atoms. The van der Waals surface area contributed by atoms with Crippen LogP contribution in [-0.4, -0.2) is 57.3 Å². The fourth-order valence-corrected chi connectivity index (χ4v) is 3.95. The minimum atomic E-state index is -0.156. The number of nitrogens with zero attached hydrogens (tertiary/aromatic N) is 4. The minimum absolute atomic E-state index is 0.156. The van der Waals surface area contributed by atoms with E-state index in [0.29, 0.717) is 23.6 Å². The summed E-state index contributed by atoms with van der Waals surface area (Å²) in [7, 11) is 0. The number of hydrogen-bond donors (Lipinski definition) is 0. The number of imidazole rings is 1. The van der Waals surface area contributed by atoms with Gasteiger partial charge in [0.1, 0.15) is 5.82 Å². The molecule has 136 valence electrons. The molecule has 0 radical (unpaired) electrons. The van der Waals surface area contributed by atoms with E-state index >= 15 is 0 Å². The topological polar surface area (TPSA) is 58.4 Å².